The van der Waals surface area contributed by atoms with Crippen molar-refractivity contribution in [2.75, 3.05) is 13.2 Å². The van der Waals surface area contributed by atoms with Gasteiger partial charge in [-0.3, -0.25) is 9.59 Å². The van der Waals surface area contributed by atoms with Gasteiger partial charge in [0.25, 0.3) is 0 Å². The Kier molecular flexibility index (Phi) is 6.89. The highest BCUT2D eigenvalue weighted by molar-refractivity contribution is 5.70. The Morgan fingerprint density at radius 3 is 1.68 bits per heavy atom. The maximum atomic E-state index is 11.5. The zero-order valence-electron chi connectivity index (χ0n) is 12.2. The molecule has 1 aliphatic rings. The van der Waals surface area contributed by atoms with Crippen LogP contribution in [-0.4, -0.2) is 25.2 Å². The standard InChI is InChI=1S/C15H26O4/c1-3-18-13(16)7-11-15(9-5-6-10-15)12-8-14(17)19-4-2/h3-12H2,1-2H3. The monoisotopic (exact) mass is 270 g/mol. The van der Waals surface area contributed by atoms with E-state index in [0.717, 1.165) is 25.7 Å². The summed E-state index contributed by atoms with van der Waals surface area (Å²) in [5.74, 6) is -0.241. The van der Waals surface area contributed by atoms with E-state index in [1.807, 2.05) is 13.8 Å². The molecule has 0 amide bonds. The lowest BCUT2D eigenvalue weighted by atomic mass is 9.77. The minimum atomic E-state index is -0.120. The van der Waals surface area contributed by atoms with Crippen LogP contribution < -0.4 is 0 Å². The maximum Gasteiger partial charge on any atom is 0.305 e. The molecular weight excluding hydrogens is 244 g/mol. The van der Waals surface area contributed by atoms with Gasteiger partial charge in [0.15, 0.2) is 0 Å². The van der Waals surface area contributed by atoms with Crippen LogP contribution in [0, 0.1) is 5.41 Å². The van der Waals surface area contributed by atoms with Gasteiger partial charge in [-0.1, -0.05) is 12.8 Å². The molecule has 0 N–H and O–H groups in total. The first-order chi connectivity index (χ1) is 9.12. The molecule has 1 rings (SSSR count). The number of hydrogen-bond donors (Lipinski definition) is 0. The van der Waals surface area contributed by atoms with Crippen LogP contribution >= 0.6 is 0 Å². The minimum absolute atomic E-state index is 0.120. The largest absolute Gasteiger partial charge is 0.466 e. The van der Waals surface area contributed by atoms with Gasteiger partial charge in [0.05, 0.1) is 13.2 Å². The molecule has 0 atom stereocenters. The third-order valence-electron chi connectivity index (χ3n) is 3.99. The zero-order chi connectivity index (χ0) is 14.1. The summed E-state index contributed by atoms with van der Waals surface area (Å²) in [4.78, 5) is 22.9. The first-order valence-corrected chi connectivity index (χ1v) is 7.43. The average Bonchev–Trinajstić information content (AvgIpc) is 2.84. The van der Waals surface area contributed by atoms with Crippen molar-refractivity contribution in [2.45, 2.75) is 65.2 Å². The molecule has 0 saturated heterocycles. The molecule has 4 heteroatoms. The predicted octanol–water partition coefficient (Wildman–Crippen LogP) is 3.23. The third-order valence-corrected chi connectivity index (χ3v) is 3.99. The molecule has 0 heterocycles. The Morgan fingerprint density at radius 1 is 0.895 bits per heavy atom. The summed E-state index contributed by atoms with van der Waals surface area (Å²) in [5, 5.41) is 0. The van der Waals surface area contributed by atoms with Crippen LogP contribution in [0.5, 0.6) is 0 Å². The van der Waals surface area contributed by atoms with Crippen LogP contribution in [0.2, 0.25) is 0 Å². The highest BCUT2D eigenvalue weighted by Gasteiger charge is 2.34. The molecule has 1 saturated carbocycles. The van der Waals surface area contributed by atoms with Crippen LogP contribution in [0.3, 0.4) is 0 Å². The van der Waals surface area contributed by atoms with E-state index in [1.54, 1.807) is 0 Å². The molecule has 0 aromatic rings. The van der Waals surface area contributed by atoms with Gasteiger partial charge in [0.2, 0.25) is 0 Å². The quantitative estimate of drug-likeness (QED) is 0.635. The first kappa shape index (κ1) is 16.0. The van der Waals surface area contributed by atoms with Crippen molar-refractivity contribution < 1.29 is 19.1 Å². The van der Waals surface area contributed by atoms with E-state index < -0.39 is 0 Å². The van der Waals surface area contributed by atoms with Gasteiger partial charge in [-0.05, 0) is 44.9 Å². The van der Waals surface area contributed by atoms with E-state index in [2.05, 4.69) is 0 Å². The Bertz CT molecular complexity index is 269. The highest BCUT2D eigenvalue weighted by atomic mass is 16.5. The fourth-order valence-corrected chi connectivity index (χ4v) is 2.95. The number of ether oxygens (including phenoxy) is 2. The van der Waals surface area contributed by atoms with Gasteiger partial charge in [-0.15, -0.1) is 0 Å². The summed E-state index contributed by atoms with van der Waals surface area (Å²) in [6.07, 6.45) is 7.25. The van der Waals surface area contributed by atoms with Crippen LogP contribution in [0.4, 0.5) is 0 Å². The molecule has 110 valence electrons. The summed E-state index contributed by atoms with van der Waals surface area (Å²) in [5.41, 5.74) is 0.152. The fourth-order valence-electron chi connectivity index (χ4n) is 2.95. The maximum absolute atomic E-state index is 11.5. The summed E-state index contributed by atoms with van der Waals surface area (Å²) >= 11 is 0. The van der Waals surface area contributed by atoms with E-state index in [1.165, 1.54) is 12.8 Å². The van der Waals surface area contributed by atoms with Gasteiger partial charge in [0.1, 0.15) is 0 Å². The van der Waals surface area contributed by atoms with Crippen LogP contribution in [0.25, 0.3) is 0 Å². The third kappa shape index (κ3) is 5.62. The van der Waals surface area contributed by atoms with E-state index in [4.69, 9.17) is 9.47 Å². The Morgan fingerprint density at radius 2 is 1.32 bits per heavy atom. The average molecular weight is 270 g/mol. The SMILES string of the molecule is CCOC(=O)CCC1(CCC(=O)OCC)CCCC1. The Balaban J connectivity index is 2.41. The molecule has 0 spiro atoms. The van der Waals surface area contributed by atoms with E-state index in [9.17, 15) is 9.59 Å². The molecule has 0 unspecified atom stereocenters. The lowest BCUT2D eigenvalue weighted by Gasteiger charge is -2.28. The minimum Gasteiger partial charge on any atom is -0.466 e. The fraction of sp³-hybridized carbons (Fsp3) is 0.867. The van der Waals surface area contributed by atoms with Crippen molar-refractivity contribution in [1.29, 1.82) is 0 Å². The van der Waals surface area contributed by atoms with Gasteiger partial charge in [0, 0.05) is 12.8 Å². The number of hydrogen-bond acceptors (Lipinski definition) is 4. The van der Waals surface area contributed by atoms with Crippen molar-refractivity contribution in [3.63, 3.8) is 0 Å². The number of esters is 2. The van der Waals surface area contributed by atoms with Crippen LogP contribution in [0.1, 0.15) is 65.2 Å². The van der Waals surface area contributed by atoms with Crippen molar-refractivity contribution in [3.05, 3.63) is 0 Å². The van der Waals surface area contributed by atoms with Crippen molar-refractivity contribution >= 4 is 11.9 Å². The van der Waals surface area contributed by atoms with Gasteiger partial charge < -0.3 is 9.47 Å². The van der Waals surface area contributed by atoms with E-state index >= 15 is 0 Å². The molecule has 1 aliphatic carbocycles. The Labute approximate surface area is 115 Å². The molecule has 0 aromatic carbocycles. The number of rotatable bonds is 8. The van der Waals surface area contributed by atoms with Crippen molar-refractivity contribution in [1.82, 2.24) is 0 Å². The van der Waals surface area contributed by atoms with Crippen LogP contribution in [0.15, 0.2) is 0 Å². The second-order valence-electron chi connectivity index (χ2n) is 5.32. The van der Waals surface area contributed by atoms with Crippen molar-refractivity contribution in [3.8, 4) is 0 Å². The lowest BCUT2D eigenvalue weighted by Crippen LogP contribution is -2.21. The lowest BCUT2D eigenvalue weighted by molar-refractivity contribution is -0.144. The second-order valence-corrected chi connectivity index (χ2v) is 5.32. The summed E-state index contributed by atoms with van der Waals surface area (Å²) in [7, 11) is 0. The van der Waals surface area contributed by atoms with Gasteiger partial charge in [-0.25, -0.2) is 0 Å². The topological polar surface area (TPSA) is 52.6 Å². The van der Waals surface area contributed by atoms with E-state index in [-0.39, 0.29) is 17.4 Å². The normalized spacial score (nSPS) is 17.2. The van der Waals surface area contributed by atoms with Gasteiger partial charge in [-0.2, -0.15) is 0 Å². The summed E-state index contributed by atoms with van der Waals surface area (Å²) in [6, 6.07) is 0. The smallest absolute Gasteiger partial charge is 0.305 e. The zero-order valence-corrected chi connectivity index (χ0v) is 12.2. The van der Waals surface area contributed by atoms with Crippen LogP contribution in [-0.2, 0) is 19.1 Å². The number of carbonyl (C=O) groups is 2. The predicted molar refractivity (Wildman–Crippen MR) is 72.6 cm³/mol. The van der Waals surface area contributed by atoms with Gasteiger partial charge >= 0.3 is 11.9 Å². The summed E-state index contributed by atoms with van der Waals surface area (Å²) < 4.78 is 9.96. The summed E-state index contributed by atoms with van der Waals surface area (Å²) in [6.45, 7) is 4.53. The molecule has 1 fully saturated rings. The molecule has 0 radical (unpaired) electrons. The first-order valence-electron chi connectivity index (χ1n) is 7.43. The number of carbonyl (C=O) groups excluding carboxylic acids is 2. The molecule has 4 nitrogen and oxygen atoms in total. The highest BCUT2D eigenvalue weighted by Crippen LogP contribution is 2.45. The molecule has 0 aliphatic heterocycles. The second kappa shape index (κ2) is 8.18. The van der Waals surface area contributed by atoms with E-state index in [0.29, 0.717) is 26.1 Å². The molecule has 0 bridgehead atoms. The Hall–Kier alpha value is -1.06. The molecule has 19 heavy (non-hydrogen) atoms. The molecule has 0 aromatic heterocycles. The molecular formula is C15H26O4. The van der Waals surface area contributed by atoms with Crippen molar-refractivity contribution in [2.24, 2.45) is 5.41 Å².